The Hall–Kier alpha value is -1.51. The van der Waals surface area contributed by atoms with Crippen LogP contribution in [0, 0.1) is 23.7 Å². The van der Waals surface area contributed by atoms with Crippen LogP contribution in [-0.2, 0) is 4.79 Å². The van der Waals surface area contributed by atoms with Gasteiger partial charge in [0, 0.05) is 0 Å². The third kappa shape index (κ3) is 7.03. The van der Waals surface area contributed by atoms with Gasteiger partial charge in [-0.05, 0) is 80.5 Å². The van der Waals surface area contributed by atoms with E-state index in [9.17, 15) is 4.79 Å². The summed E-state index contributed by atoms with van der Waals surface area (Å²) in [5, 5.41) is 0. The number of fused-ring (bicyclic) bond motifs is 1. The van der Waals surface area contributed by atoms with Crippen molar-refractivity contribution in [3.63, 3.8) is 0 Å². The Morgan fingerprint density at radius 3 is 2.30 bits per heavy atom. The molecule has 1 aromatic rings. The molecule has 0 spiro atoms. The van der Waals surface area contributed by atoms with E-state index in [2.05, 4.69) is 13.8 Å². The molecule has 0 aliphatic heterocycles. The van der Waals surface area contributed by atoms with Crippen molar-refractivity contribution in [3.8, 4) is 11.5 Å². The summed E-state index contributed by atoms with van der Waals surface area (Å²) in [6.45, 7) is 5.09. The van der Waals surface area contributed by atoms with Crippen molar-refractivity contribution >= 4 is 5.97 Å². The molecule has 2 aliphatic rings. The molecule has 4 atom stereocenters. The van der Waals surface area contributed by atoms with Gasteiger partial charge in [-0.2, -0.15) is 0 Å². The highest BCUT2D eigenvalue weighted by atomic mass is 16.5. The number of esters is 1. The lowest BCUT2D eigenvalue weighted by molar-refractivity contribution is -0.141. The molecule has 0 bridgehead atoms. The Balaban J connectivity index is 1.39. The number of carbonyl (C=O) groups excluding carboxylic acids is 1. The minimum absolute atomic E-state index is 0.0336. The summed E-state index contributed by atoms with van der Waals surface area (Å²) in [6, 6.07) is 7.47. The average molecular weight is 415 g/mol. The molecular formula is C27H42O3. The molecule has 3 rings (SSSR count). The number of unbranched alkanes of at least 4 members (excludes halogenated alkanes) is 4. The van der Waals surface area contributed by atoms with E-state index in [4.69, 9.17) is 9.47 Å². The Bertz CT molecular complexity index is 624. The number of hydrogen-bond acceptors (Lipinski definition) is 3. The molecule has 4 unspecified atom stereocenters. The minimum atomic E-state index is -0.0336. The van der Waals surface area contributed by atoms with Crippen LogP contribution in [0.1, 0.15) is 97.3 Å². The highest BCUT2D eigenvalue weighted by Crippen LogP contribution is 2.46. The van der Waals surface area contributed by atoms with Crippen LogP contribution in [0.4, 0.5) is 0 Å². The molecule has 3 heteroatoms. The van der Waals surface area contributed by atoms with Crippen LogP contribution in [0.15, 0.2) is 24.3 Å². The highest BCUT2D eigenvalue weighted by Gasteiger charge is 2.38. The summed E-state index contributed by atoms with van der Waals surface area (Å²) in [5.74, 6) is 4.03. The van der Waals surface area contributed by atoms with Crippen molar-refractivity contribution in [3.05, 3.63) is 24.3 Å². The zero-order valence-corrected chi connectivity index (χ0v) is 19.2. The lowest BCUT2D eigenvalue weighted by Gasteiger charge is -2.41. The van der Waals surface area contributed by atoms with E-state index in [0.717, 1.165) is 42.8 Å². The maximum Gasteiger partial charge on any atom is 0.314 e. The van der Waals surface area contributed by atoms with Crippen molar-refractivity contribution in [1.82, 2.24) is 0 Å². The largest absolute Gasteiger partial charge is 0.494 e. The van der Waals surface area contributed by atoms with Gasteiger partial charge in [0.2, 0.25) is 0 Å². The van der Waals surface area contributed by atoms with Crippen molar-refractivity contribution in [1.29, 1.82) is 0 Å². The van der Waals surface area contributed by atoms with E-state index < -0.39 is 0 Å². The zero-order valence-electron chi connectivity index (χ0n) is 19.2. The van der Waals surface area contributed by atoms with Gasteiger partial charge in [0.15, 0.2) is 0 Å². The van der Waals surface area contributed by atoms with E-state index in [1.54, 1.807) is 0 Å². The normalized spacial score (nSPS) is 26.1. The van der Waals surface area contributed by atoms with Crippen LogP contribution in [0.3, 0.4) is 0 Å². The summed E-state index contributed by atoms with van der Waals surface area (Å²) in [6.07, 6.45) is 16.7. The van der Waals surface area contributed by atoms with Gasteiger partial charge in [0.1, 0.15) is 11.5 Å². The molecule has 30 heavy (non-hydrogen) atoms. The molecule has 2 saturated carbocycles. The molecule has 0 heterocycles. The lowest BCUT2D eigenvalue weighted by atomic mass is 9.64. The molecule has 0 radical (unpaired) electrons. The summed E-state index contributed by atoms with van der Waals surface area (Å²) >= 11 is 0. The number of rotatable bonds is 11. The van der Waals surface area contributed by atoms with Crippen LogP contribution in [0.2, 0.25) is 0 Å². The maximum atomic E-state index is 12.7. The SMILES string of the molecule is CCCCCCCC1CCC2CC(C(=O)Oc3ccc(OCCC)cc3)CCC2C1. The first kappa shape index (κ1) is 23.2. The van der Waals surface area contributed by atoms with Gasteiger partial charge in [-0.25, -0.2) is 0 Å². The quantitative estimate of drug-likeness (QED) is 0.213. The Labute approximate surface area is 183 Å². The van der Waals surface area contributed by atoms with Gasteiger partial charge in [-0.3, -0.25) is 4.79 Å². The van der Waals surface area contributed by atoms with E-state index in [-0.39, 0.29) is 11.9 Å². The summed E-state index contributed by atoms with van der Waals surface area (Å²) < 4.78 is 11.3. The second-order valence-electron chi connectivity index (χ2n) is 9.65. The Morgan fingerprint density at radius 1 is 0.833 bits per heavy atom. The van der Waals surface area contributed by atoms with Gasteiger partial charge in [-0.1, -0.05) is 58.8 Å². The highest BCUT2D eigenvalue weighted by molar-refractivity contribution is 5.75. The fraction of sp³-hybridized carbons (Fsp3) is 0.741. The number of hydrogen-bond donors (Lipinski definition) is 0. The van der Waals surface area contributed by atoms with Gasteiger partial charge >= 0.3 is 5.97 Å². The van der Waals surface area contributed by atoms with Gasteiger partial charge in [-0.15, -0.1) is 0 Å². The average Bonchev–Trinajstić information content (AvgIpc) is 2.78. The minimum Gasteiger partial charge on any atom is -0.494 e. The molecule has 3 nitrogen and oxygen atoms in total. The second kappa shape index (κ2) is 12.4. The van der Waals surface area contributed by atoms with Crippen molar-refractivity contribution in [2.75, 3.05) is 6.61 Å². The van der Waals surface area contributed by atoms with E-state index in [0.29, 0.717) is 12.4 Å². The zero-order chi connectivity index (χ0) is 21.2. The second-order valence-corrected chi connectivity index (χ2v) is 9.65. The first-order valence-corrected chi connectivity index (χ1v) is 12.6. The molecule has 0 N–H and O–H groups in total. The summed E-state index contributed by atoms with van der Waals surface area (Å²) in [5.41, 5.74) is 0. The van der Waals surface area contributed by atoms with Crippen LogP contribution >= 0.6 is 0 Å². The van der Waals surface area contributed by atoms with E-state index in [1.807, 2.05) is 24.3 Å². The van der Waals surface area contributed by atoms with Crippen LogP contribution in [-0.4, -0.2) is 12.6 Å². The molecular weight excluding hydrogens is 372 g/mol. The van der Waals surface area contributed by atoms with Crippen LogP contribution in [0.5, 0.6) is 11.5 Å². The van der Waals surface area contributed by atoms with Crippen LogP contribution in [0.25, 0.3) is 0 Å². The summed E-state index contributed by atoms with van der Waals surface area (Å²) in [7, 11) is 0. The molecule has 0 saturated heterocycles. The molecule has 2 aliphatic carbocycles. The molecule has 0 amide bonds. The summed E-state index contributed by atoms with van der Waals surface area (Å²) in [4.78, 5) is 12.7. The third-order valence-corrected chi connectivity index (χ3v) is 7.29. The van der Waals surface area contributed by atoms with E-state index >= 15 is 0 Å². The first-order chi connectivity index (χ1) is 14.7. The van der Waals surface area contributed by atoms with Gasteiger partial charge in [0.25, 0.3) is 0 Å². The maximum absolute atomic E-state index is 12.7. The van der Waals surface area contributed by atoms with Crippen molar-refractivity contribution in [2.45, 2.75) is 97.3 Å². The molecule has 168 valence electrons. The predicted molar refractivity (Wildman–Crippen MR) is 123 cm³/mol. The number of ether oxygens (including phenoxy) is 2. The topological polar surface area (TPSA) is 35.5 Å². The fourth-order valence-corrected chi connectivity index (χ4v) is 5.52. The lowest BCUT2D eigenvalue weighted by Crippen LogP contribution is -2.35. The Kier molecular flexibility index (Phi) is 9.55. The number of carbonyl (C=O) groups is 1. The molecule has 1 aromatic carbocycles. The van der Waals surface area contributed by atoms with Crippen molar-refractivity contribution in [2.24, 2.45) is 23.7 Å². The van der Waals surface area contributed by atoms with Gasteiger partial charge < -0.3 is 9.47 Å². The number of benzene rings is 1. The van der Waals surface area contributed by atoms with Gasteiger partial charge in [0.05, 0.1) is 12.5 Å². The molecule has 2 fully saturated rings. The third-order valence-electron chi connectivity index (χ3n) is 7.29. The molecule has 0 aromatic heterocycles. The van der Waals surface area contributed by atoms with Crippen molar-refractivity contribution < 1.29 is 14.3 Å². The standard InChI is InChI=1S/C27H42O3/c1-3-5-6-7-8-9-21-10-11-23-20-24(13-12-22(23)19-21)27(28)30-26-16-14-25(15-17-26)29-18-4-2/h14-17,21-24H,3-13,18-20H2,1-2H3. The first-order valence-electron chi connectivity index (χ1n) is 12.6. The fourth-order valence-electron chi connectivity index (χ4n) is 5.52. The monoisotopic (exact) mass is 414 g/mol. The Morgan fingerprint density at radius 2 is 1.53 bits per heavy atom. The van der Waals surface area contributed by atoms with E-state index in [1.165, 1.54) is 64.2 Å². The smallest absolute Gasteiger partial charge is 0.314 e. The van der Waals surface area contributed by atoms with Crippen LogP contribution < -0.4 is 9.47 Å². The predicted octanol–water partition coefficient (Wildman–Crippen LogP) is 7.57.